The first-order chi connectivity index (χ1) is 11.9. The molecule has 25 heavy (non-hydrogen) atoms. The molecule has 3 rings (SSSR count). The van der Waals surface area contributed by atoms with Gasteiger partial charge in [0.25, 0.3) is 0 Å². The number of aryl methyl sites for hydroxylation is 2. The van der Waals surface area contributed by atoms with Crippen LogP contribution in [0.5, 0.6) is 0 Å². The second kappa shape index (κ2) is 7.27. The van der Waals surface area contributed by atoms with Crippen LogP contribution in [0.4, 0.5) is 0 Å². The Hall–Kier alpha value is -2.34. The second-order valence-electron chi connectivity index (χ2n) is 6.42. The number of halogens is 1. The van der Waals surface area contributed by atoms with E-state index in [1.165, 1.54) is 0 Å². The molecule has 1 aliphatic rings. The lowest BCUT2D eigenvalue weighted by Crippen LogP contribution is -2.30. The summed E-state index contributed by atoms with van der Waals surface area (Å²) in [4.78, 5) is 25.8. The van der Waals surface area contributed by atoms with Gasteiger partial charge in [-0.2, -0.15) is 5.10 Å². The van der Waals surface area contributed by atoms with E-state index in [0.717, 1.165) is 11.1 Å². The zero-order chi connectivity index (χ0) is 18.0. The number of carboxylic acid groups (broad SMARTS) is 1. The van der Waals surface area contributed by atoms with E-state index in [9.17, 15) is 14.7 Å². The normalized spacial score (nSPS) is 20.0. The fraction of sp³-hybridized carbons (Fsp3) is 0.389. The average molecular weight is 362 g/mol. The van der Waals surface area contributed by atoms with Crippen LogP contribution in [0.1, 0.15) is 23.5 Å². The van der Waals surface area contributed by atoms with Crippen LogP contribution in [0.25, 0.3) is 0 Å². The SMILES string of the molecule is Cn1cc(CCC(=O)N2C[C@@H](C(=O)O)[C@H](c3ccc(Cl)cc3)C2)cn1. The first-order valence-electron chi connectivity index (χ1n) is 8.17. The van der Waals surface area contributed by atoms with Gasteiger partial charge in [0.15, 0.2) is 0 Å². The van der Waals surface area contributed by atoms with Gasteiger partial charge in [0, 0.05) is 43.7 Å². The van der Waals surface area contributed by atoms with E-state index in [4.69, 9.17) is 11.6 Å². The molecule has 1 aromatic heterocycles. The van der Waals surface area contributed by atoms with Crippen molar-refractivity contribution in [2.24, 2.45) is 13.0 Å². The zero-order valence-electron chi connectivity index (χ0n) is 13.9. The van der Waals surface area contributed by atoms with Gasteiger partial charge in [-0.15, -0.1) is 0 Å². The molecule has 132 valence electrons. The van der Waals surface area contributed by atoms with Crippen LogP contribution < -0.4 is 0 Å². The van der Waals surface area contributed by atoms with Crippen LogP contribution in [0.2, 0.25) is 5.02 Å². The Morgan fingerprint density at radius 2 is 2.00 bits per heavy atom. The average Bonchev–Trinajstić information content (AvgIpc) is 3.20. The third-order valence-electron chi connectivity index (χ3n) is 4.67. The zero-order valence-corrected chi connectivity index (χ0v) is 14.7. The van der Waals surface area contributed by atoms with E-state index in [-0.39, 0.29) is 18.4 Å². The Balaban J connectivity index is 1.67. The van der Waals surface area contributed by atoms with E-state index in [1.807, 2.05) is 25.4 Å². The molecule has 1 fully saturated rings. The van der Waals surface area contributed by atoms with Crippen molar-refractivity contribution < 1.29 is 14.7 Å². The fourth-order valence-electron chi connectivity index (χ4n) is 3.32. The molecule has 2 atom stereocenters. The minimum atomic E-state index is -0.873. The summed E-state index contributed by atoms with van der Waals surface area (Å²) in [5.41, 5.74) is 1.90. The highest BCUT2D eigenvalue weighted by Crippen LogP contribution is 2.34. The summed E-state index contributed by atoms with van der Waals surface area (Å²) in [6, 6.07) is 7.18. The van der Waals surface area contributed by atoms with Gasteiger partial charge in [-0.05, 0) is 29.7 Å². The smallest absolute Gasteiger partial charge is 0.308 e. The molecule has 1 N–H and O–H groups in total. The molecule has 0 radical (unpaired) electrons. The summed E-state index contributed by atoms with van der Waals surface area (Å²) in [7, 11) is 1.83. The minimum absolute atomic E-state index is 0.0217. The maximum atomic E-state index is 12.5. The molecular weight excluding hydrogens is 342 g/mol. The maximum absolute atomic E-state index is 12.5. The lowest BCUT2D eigenvalue weighted by molar-refractivity contribution is -0.141. The van der Waals surface area contributed by atoms with E-state index < -0.39 is 11.9 Å². The van der Waals surface area contributed by atoms with E-state index in [2.05, 4.69) is 5.10 Å². The summed E-state index contributed by atoms with van der Waals surface area (Å²) in [5.74, 6) is -1.70. The third kappa shape index (κ3) is 4.02. The molecule has 2 heterocycles. The van der Waals surface area contributed by atoms with Crippen molar-refractivity contribution in [1.82, 2.24) is 14.7 Å². The van der Waals surface area contributed by atoms with Crippen molar-refractivity contribution in [1.29, 1.82) is 0 Å². The van der Waals surface area contributed by atoms with Crippen LogP contribution in [-0.2, 0) is 23.1 Å². The molecule has 1 saturated heterocycles. The van der Waals surface area contributed by atoms with E-state index >= 15 is 0 Å². The van der Waals surface area contributed by atoms with Crippen molar-refractivity contribution in [2.45, 2.75) is 18.8 Å². The van der Waals surface area contributed by atoms with Crippen LogP contribution in [-0.4, -0.2) is 44.8 Å². The van der Waals surface area contributed by atoms with Crippen LogP contribution >= 0.6 is 11.6 Å². The molecule has 0 bridgehead atoms. The Labute approximate surface area is 151 Å². The predicted octanol–water partition coefficient (Wildman–Crippen LogP) is 2.33. The van der Waals surface area contributed by atoms with Crippen molar-refractivity contribution in [3.63, 3.8) is 0 Å². The highest BCUT2D eigenvalue weighted by atomic mass is 35.5. The number of rotatable bonds is 5. The molecule has 1 aliphatic heterocycles. The molecule has 0 saturated carbocycles. The number of aliphatic carboxylic acids is 1. The molecule has 1 amide bonds. The second-order valence-corrected chi connectivity index (χ2v) is 6.86. The number of hydrogen-bond donors (Lipinski definition) is 1. The molecule has 2 aromatic rings. The van der Waals surface area contributed by atoms with Gasteiger partial charge >= 0.3 is 5.97 Å². The first-order valence-corrected chi connectivity index (χ1v) is 8.55. The highest BCUT2D eigenvalue weighted by Gasteiger charge is 2.40. The Morgan fingerprint density at radius 1 is 1.28 bits per heavy atom. The van der Waals surface area contributed by atoms with E-state index in [1.54, 1.807) is 27.9 Å². The van der Waals surface area contributed by atoms with Crippen LogP contribution in [0.3, 0.4) is 0 Å². The number of hydrogen-bond acceptors (Lipinski definition) is 3. The van der Waals surface area contributed by atoms with Gasteiger partial charge in [0.2, 0.25) is 5.91 Å². The van der Waals surface area contributed by atoms with Gasteiger partial charge in [0.05, 0.1) is 12.1 Å². The predicted molar refractivity (Wildman–Crippen MR) is 93.4 cm³/mol. The minimum Gasteiger partial charge on any atom is -0.481 e. The highest BCUT2D eigenvalue weighted by molar-refractivity contribution is 6.30. The van der Waals surface area contributed by atoms with Gasteiger partial charge in [0.1, 0.15) is 0 Å². The molecule has 0 spiro atoms. The molecule has 1 aromatic carbocycles. The van der Waals surface area contributed by atoms with Crippen molar-refractivity contribution >= 4 is 23.5 Å². The number of likely N-dealkylation sites (tertiary alicyclic amines) is 1. The number of carbonyl (C=O) groups is 2. The summed E-state index contributed by atoms with van der Waals surface area (Å²) in [5, 5.41) is 14.2. The van der Waals surface area contributed by atoms with Gasteiger partial charge in [-0.3, -0.25) is 14.3 Å². The molecule has 6 nitrogen and oxygen atoms in total. The number of amides is 1. The number of carboxylic acids is 1. The van der Waals surface area contributed by atoms with E-state index in [0.29, 0.717) is 24.4 Å². The van der Waals surface area contributed by atoms with Gasteiger partial charge in [-0.1, -0.05) is 23.7 Å². The van der Waals surface area contributed by atoms with Crippen molar-refractivity contribution in [2.75, 3.05) is 13.1 Å². The largest absolute Gasteiger partial charge is 0.481 e. The van der Waals surface area contributed by atoms with Gasteiger partial charge < -0.3 is 10.0 Å². The fourth-order valence-corrected chi connectivity index (χ4v) is 3.44. The number of carbonyl (C=O) groups excluding carboxylic acids is 1. The maximum Gasteiger partial charge on any atom is 0.308 e. The van der Waals surface area contributed by atoms with Crippen LogP contribution in [0.15, 0.2) is 36.7 Å². The third-order valence-corrected chi connectivity index (χ3v) is 4.93. The Kier molecular flexibility index (Phi) is 5.08. The van der Waals surface area contributed by atoms with Crippen LogP contribution in [0, 0.1) is 5.92 Å². The standard InChI is InChI=1S/C18H20ClN3O3/c1-21-9-12(8-20-21)2-7-17(23)22-10-15(16(11-22)18(24)25)13-3-5-14(19)6-4-13/h3-6,8-9,15-16H,2,7,10-11H2,1H3,(H,24,25)/t15-,16+/m0/s1. The summed E-state index contributed by atoms with van der Waals surface area (Å²) >= 11 is 5.91. The first kappa shape index (κ1) is 17.5. The number of aromatic nitrogens is 2. The van der Waals surface area contributed by atoms with Crippen molar-refractivity contribution in [3.05, 3.63) is 52.8 Å². The molecular formula is C18H20ClN3O3. The monoisotopic (exact) mass is 361 g/mol. The Bertz CT molecular complexity index is 772. The summed E-state index contributed by atoms with van der Waals surface area (Å²) < 4.78 is 1.70. The number of nitrogens with zero attached hydrogens (tertiary/aromatic N) is 3. The van der Waals surface area contributed by atoms with Gasteiger partial charge in [-0.25, -0.2) is 0 Å². The number of benzene rings is 1. The lowest BCUT2D eigenvalue weighted by Gasteiger charge is -2.16. The molecule has 7 heteroatoms. The van der Waals surface area contributed by atoms with Crippen molar-refractivity contribution in [3.8, 4) is 0 Å². The Morgan fingerprint density at radius 3 is 2.60 bits per heavy atom. The quantitative estimate of drug-likeness (QED) is 0.886. The summed E-state index contributed by atoms with van der Waals surface area (Å²) in [6.07, 6.45) is 4.58. The topological polar surface area (TPSA) is 75.4 Å². The molecule has 0 unspecified atom stereocenters. The summed E-state index contributed by atoms with van der Waals surface area (Å²) in [6.45, 7) is 0.666. The lowest BCUT2D eigenvalue weighted by atomic mass is 9.89. The molecule has 0 aliphatic carbocycles.